The Morgan fingerprint density at radius 3 is 2.50 bits per heavy atom. The summed E-state index contributed by atoms with van der Waals surface area (Å²) in [6, 6.07) is 13.7. The highest BCUT2D eigenvalue weighted by Crippen LogP contribution is 2.21. The molecule has 26 heavy (non-hydrogen) atoms. The second-order valence-corrected chi connectivity index (χ2v) is 8.23. The normalized spacial score (nSPS) is 17.0. The Bertz CT molecular complexity index is 789. The van der Waals surface area contributed by atoms with Gasteiger partial charge in [0.15, 0.2) is 0 Å². The van der Waals surface area contributed by atoms with Crippen molar-refractivity contribution in [2.24, 2.45) is 0 Å². The van der Waals surface area contributed by atoms with Gasteiger partial charge in [0.2, 0.25) is 10.0 Å². The SMILES string of the molecule is CCC(CNc1ccc(S(=O)(=O)N2CCOCC2)cn1)c1ccccc1. The van der Waals surface area contributed by atoms with Gasteiger partial charge in [-0.3, -0.25) is 0 Å². The molecule has 1 atom stereocenters. The van der Waals surface area contributed by atoms with Gasteiger partial charge < -0.3 is 10.1 Å². The Morgan fingerprint density at radius 1 is 1.15 bits per heavy atom. The average Bonchev–Trinajstić information content (AvgIpc) is 2.70. The van der Waals surface area contributed by atoms with Crippen LogP contribution in [0.4, 0.5) is 5.82 Å². The molecule has 0 spiro atoms. The molecule has 1 fully saturated rings. The summed E-state index contributed by atoms with van der Waals surface area (Å²) in [5, 5.41) is 3.31. The van der Waals surface area contributed by atoms with Crippen LogP contribution in [0.25, 0.3) is 0 Å². The highest BCUT2D eigenvalue weighted by molar-refractivity contribution is 7.89. The predicted octanol–water partition coefficient (Wildman–Crippen LogP) is 2.71. The average molecular weight is 375 g/mol. The van der Waals surface area contributed by atoms with E-state index in [9.17, 15) is 8.42 Å². The molecular weight excluding hydrogens is 350 g/mol. The molecule has 2 aromatic rings. The van der Waals surface area contributed by atoms with E-state index >= 15 is 0 Å². The first-order chi connectivity index (χ1) is 12.6. The van der Waals surface area contributed by atoms with Gasteiger partial charge in [0.1, 0.15) is 10.7 Å². The molecule has 2 heterocycles. The van der Waals surface area contributed by atoms with E-state index in [1.54, 1.807) is 12.1 Å². The summed E-state index contributed by atoms with van der Waals surface area (Å²) in [6.45, 7) is 4.55. The zero-order valence-corrected chi connectivity index (χ0v) is 15.8. The van der Waals surface area contributed by atoms with Crippen molar-refractivity contribution in [1.82, 2.24) is 9.29 Å². The van der Waals surface area contributed by atoms with Gasteiger partial charge >= 0.3 is 0 Å². The molecule has 140 valence electrons. The maximum atomic E-state index is 12.6. The van der Waals surface area contributed by atoms with E-state index in [4.69, 9.17) is 4.74 Å². The lowest BCUT2D eigenvalue weighted by atomic mass is 9.96. The molecule has 6 nitrogen and oxygen atoms in total. The lowest BCUT2D eigenvalue weighted by Gasteiger charge is -2.25. The van der Waals surface area contributed by atoms with Crippen LogP contribution in [0.3, 0.4) is 0 Å². The molecule has 0 aliphatic carbocycles. The van der Waals surface area contributed by atoms with Crippen molar-refractivity contribution in [2.45, 2.75) is 24.2 Å². The van der Waals surface area contributed by atoms with Crippen molar-refractivity contribution in [2.75, 3.05) is 38.2 Å². The minimum Gasteiger partial charge on any atom is -0.379 e. The van der Waals surface area contributed by atoms with E-state index in [-0.39, 0.29) is 4.90 Å². The van der Waals surface area contributed by atoms with E-state index < -0.39 is 10.0 Å². The van der Waals surface area contributed by atoms with Crippen molar-refractivity contribution in [3.05, 3.63) is 54.2 Å². The molecule has 1 unspecified atom stereocenters. The first-order valence-electron chi connectivity index (χ1n) is 8.94. The Morgan fingerprint density at radius 2 is 1.88 bits per heavy atom. The van der Waals surface area contributed by atoms with Crippen LogP contribution in [-0.4, -0.2) is 50.6 Å². The largest absolute Gasteiger partial charge is 0.379 e. The maximum absolute atomic E-state index is 12.6. The number of aromatic nitrogens is 1. The number of hydrogen-bond acceptors (Lipinski definition) is 5. The Kier molecular flexibility index (Phi) is 6.24. The number of nitrogens with one attached hydrogen (secondary N) is 1. The third-order valence-corrected chi connectivity index (χ3v) is 6.52. The highest BCUT2D eigenvalue weighted by atomic mass is 32.2. The number of nitrogens with zero attached hydrogens (tertiary/aromatic N) is 2. The molecule has 1 aliphatic rings. The number of pyridine rings is 1. The summed E-state index contributed by atoms with van der Waals surface area (Å²) in [6.07, 6.45) is 2.44. The van der Waals surface area contributed by atoms with Gasteiger partial charge in [-0.05, 0) is 24.1 Å². The molecule has 3 rings (SSSR count). The molecule has 0 radical (unpaired) electrons. The number of ether oxygens (including phenoxy) is 1. The van der Waals surface area contributed by atoms with Crippen LogP contribution in [0.15, 0.2) is 53.6 Å². The third-order valence-electron chi connectivity index (χ3n) is 4.64. The van der Waals surface area contributed by atoms with Crippen LogP contribution >= 0.6 is 0 Å². The van der Waals surface area contributed by atoms with Crippen molar-refractivity contribution in [3.63, 3.8) is 0 Å². The van der Waals surface area contributed by atoms with E-state index in [1.165, 1.54) is 16.1 Å². The van der Waals surface area contributed by atoms with Crippen LogP contribution in [0.2, 0.25) is 0 Å². The minimum absolute atomic E-state index is 0.222. The van der Waals surface area contributed by atoms with Crippen LogP contribution in [-0.2, 0) is 14.8 Å². The van der Waals surface area contributed by atoms with Gasteiger partial charge in [-0.2, -0.15) is 4.31 Å². The lowest BCUT2D eigenvalue weighted by molar-refractivity contribution is 0.0730. The Balaban J connectivity index is 1.64. The zero-order valence-electron chi connectivity index (χ0n) is 15.0. The second-order valence-electron chi connectivity index (χ2n) is 6.29. The second kappa shape index (κ2) is 8.62. The van der Waals surface area contributed by atoms with E-state index in [0.29, 0.717) is 38.0 Å². The van der Waals surface area contributed by atoms with Gasteiger partial charge in [0.05, 0.1) is 13.2 Å². The molecule has 0 saturated carbocycles. The first kappa shape index (κ1) is 18.8. The Hall–Kier alpha value is -1.96. The van der Waals surface area contributed by atoms with Crippen molar-refractivity contribution in [3.8, 4) is 0 Å². The van der Waals surface area contributed by atoms with Crippen molar-refractivity contribution >= 4 is 15.8 Å². The molecule has 1 N–H and O–H groups in total. The molecule has 1 aromatic carbocycles. The smallest absolute Gasteiger partial charge is 0.244 e. The van der Waals surface area contributed by atoms with Gasteiger partial charge in [0.25, 0.3) is 0 Å². The molecular formula is C19H25N3O3S. The monoisotopic (exact) mass is 375 g/mol. The minimum atomic E-state index is -3.49. The van der Waals surface area contributed by atoms with E-state index in [1.807, 2.05) is 18.2 Å². The van der Waals surface area contributed by atoms with E-state index in [0.717, 1.165) is 13.0 Å². The van der Waals surface area contributed by atoms with Crippen LogP contribution in [0.1, 0.15) is 24.8 Å². The quantitative estimate of drug-likeness (QED) is 0.806. The molecule has 0 amide bonds. The number of anilines is 1. The van der Waals surface area contributed by atoms with Gasteiger partial charge in [-0.1, -0.05) is 37.3 Å². The van der Waals surface area contributed by atoms with E-state index in [2.05, 4.69) is 29.4 Å². The molecule has 1 saturated heterocycles. The first-order valence-corrected chi connectivity index (χ1v) is 10.4. The summed E-state index contributed by atoms with van der Waals surface area (Å²) >= 11 is 0. The number of hydrogen-bond donors (Lipinski definition) is 1. The highest BCUT2D eigenvalue weighted by Gasteiger charge is 2.26. The van der Waals surface area contributed by atoms with Crippen molar-refractivity contribution in [1.29, 1.82) is 0 Å². The predicted molar refractivity (Wildman–Crippen MR) is 102 cm³/mol. The summed E-state index contributed by atoms with van der Waals surface area (Å²) in [5.41, 5.74) is 1.29. The fraction of sp³-hybridized carbons (Fsp3) is 0.421. The molecule has 1 aromatic heterocycles. The lowest BCUT2D eigenvalue weighted by Crippen LogP contribution is -2.40. The number of benzene rings is 1. The van der Waals surface area contributed by atoms with Crippen LogP contribution in [0, 0.1) is 0 Å². The third kappa shape index (κ3) is 4.41. The molecule has 1 aliphatic heterocycles. The van der Waals surface area contributed by atoms with Crippen LogP contribution in [0.5, 0.6) is 0 Å². The Labute approximate surface area is 155 Å². The van der Waals surface area contributed by atoms with Gasteiger partial charge in [0, 0.05) is 31.7 Å². The maximum Gasteiger partial charge on any atom is 0.244 e. The summed E-state index contributed by atoms with van der Waals surface area (Å²) in [7, 11) is -3.49. The van der Waals surface area contributed by atoms with Gasteiger partial charge in [-0.25, -0.2) is 13.4 Å². The fourth-order valence-electron chi connectivity index (χ4n) is 3.02. The fourth-order valence-corrected chi connectivity index (χ4v) is 4.38. The zero-order chi connectivity index (χ0) is 18.4. The number of rotatable bonds is 7. The molecule has 0 bridgehead atoms. The molecule has 7 heteroatoms. The van der Waals surface area contributed by atoms with Crippen LogP contribution < -0.4 is 5.32 Å². The topological polar surface area (TPSA) is 71.5 Å². The number of morpholine rings is 1. The van der Waals surface area contributed by atoms with Gasteiger partial charge in [-0.15, -0.1) is 0 Å². The summed E-state index contributed by atoms with van der Waals surface area (Å²) < 4.78 is 31.9. The van der Waals surface area contributed by atoms with Crippen molar-refractivity contribution < 1.29 is 13.2 Å². The number of sulfonamides is 1. The summed E-state index contributed by atoms with van der Waals surface area (Å²) in [4.78, 5) is 4.51. The summed E-state index contributed by atoms with van der Waals surface area (Å²) in [5.74, 6) is 1.06. The standard InChI is InChI=1S/C19H25N3O3S/c1-2-16(17-6-4-3-5-7-17)14-20-19-9-8-18(15-21-19)26(23,24)22-10-12-25-13-11-22/h3-9,15-16H,2,10-14H2,1H3,(H,20,21).